The topological polar surface area (TPSA) is 86.7 Å². The van der Waals surface area contributed by atoms with Crippen LogP contribution in [0.1, 0.15) is 11.6 Å². The Kier molecular flexibility index (Phi) is 2.52. The van der Waals surface area contributed by atoms with E-state index < -0.39 is 6.04 Å². The molecule has 0 aliphatic heterocycles. The number of phenolic OH excluding ortho intramolecular Hbond substituents is 2. The molecule has 5 N–H and O–H groups in total. The van der Waals surface area contributed by atoms with Gasteiger partial charge in [-0.3, -0.25) is 0 Å². The molecule has 0 amide bonds. The van der Waals surface area contributed by atoms with Crippen LogP contribution in [0.4, 0.5) is 0 Å². The molecule has 0 fully saturated rings. The van der Waals surface area contributed by atoms with Crippen LogP contribution in [0.3, 0.4) is 0 Å². The Labute approximate surface area is 69.9 Å². The van der Waals surface area contributed by atoms with E-state index in [0.29, 0.717) is 5.56 Å². The standard InChI is InChI=1S/C8H11NO3/c9-6(4-10)5-1-2-7(11)8(12)3-5/h1-3,6,10-12H,4,9H2. The maximum Gasteiger partial charge on any atom is 0.157 e. The summed E-state index contributed by atoms with van der Waals surface area (Å²) in [6.07, 6.45) is 0. The maximum atomic E-state index is 9.06. The van der Waals surface area contributed by atoms with Crippen molar-refractivity contribution in [3.05, 3.63) is 23.8 Å². The number of hydrogen-bond acceptors (Lipinski definition) is 4. The molecule has 0 saturated carbocycles. The molecule has 0 aromatic heterocycles. The third kappa shape index (κ3) is 1.66. The smallest absolute Gasteiger partial charge is 0.157 e. The summed E-state index contributed by atoms with van der Waals surface area (Å²) >= 11 is 0. The van der Waals surface area contributed by atoms with Crippen LogP contribution in [0.15, 0.2) is 18.2 Å². The van der Waals surface area contributed by atoms with Gasteiger partial charge < -0.3 is 21.1 Å². The SMILES string of the molecule is NC(CO)c1ccc(O)c(O)c1. The van der Waals surface area contributed by atoms with Gasteiger partial charge in [0.2, 0.25) is 0 Å². The van der Waals surface area contributed by atoms with Crippen LogP contribution in [0, 0.1) is 0 Å². The van der Waals surface area contributed by atoms with Gasteiger partial charge in [0, 0.05) is 0 Å². The third-order valence-corrected chi connectivity index (χ3v) is 1.62. The summed E-state index contributed by atoms with van der Waals surface area (Å²) in [5.74, 6) is -0.416. The fourth-order valence-electron chi connectivity index (χ4n) is 0.877. The monoisotopic (exact) mass is 169 g/mol. The number of hydrogen-bond donors (Lipinski definition) is 4. The molecule has 0 spiro atoms. The minimum atomic E-state index is -0.517. The Balaban J connectivity index is 2.96. The number of aliphatic hydroxyl groups excluding tert-OH is 1. The van der Waals surface area contributed by atoms with Crippen molar-refractivity contribution in [2.24, 2.45) is 5.73 Å². The lowest BCUT2D eigenvalue weighted by Crippen LogP contribution is -2.13. The van der Waals surface area contributed by atoms with Crippen molar-refractivity contribution < 1.29 is 15.3 Å². The zero-order valence-corrected chi connectivity index (χ0v) is 6.44. The summed E-state index contributed by atoms with van der Waals surface area (Å²) in [5.41, 5.74) is 6.06. The van der Waals surface area contributed by atoms with Gasteiger partial charge >= 0.3 is 0 Å². The molecule has 4 nitrogen and oxygen atoms in total. The molecule has 0 aliphatic carbocycles. The van der Waals surface area contributed by atoms with Crippen molar-refractivity contribution in [3.8, 4) is 11.5 Å². The van der Waals surface area contributed by atoms with Crippen LogP contribution in [0.25, 0.3) is 0 Å². The summed E-state index contributed by atoms with van der Waals surface area (Å²) in [7, 11) is 0. The predicted molar refractivity (Wildman–Crippen MR) is 43.8 cm³/mol. The Morgan fingerprint density at radius 1 is 1.25 bits per heavy atom. The average Bonchev–Trinajstić information content (AvgIpc) is 2.08. The first-order chi connectivity index (χ1) is 5.65. The molecule has 1 rings (SSSR count). The number of aliphatic hydroxyl groups is 1. The number of phenols is 2. The van der Waals surface area contributed by atoms with Crippen LogP contribution < -0.4 is 5.73 Å². The van der Waals surface area contributed by atoms with Gasteiger partial charge in [-0.1, -0.05) is 6.07 Å². The highest BCUT2D eigenvalue weighted by Crippen LogP contribution is 2.26. The summed E-state index contributed by atoms with van der Waals surface area (Å²) in [6.45, 7) is -0.190. The molecule has 1 aromatic carbocycles. The van der Waals surface area contributed by atoms with Crippen LogP contribution >= 0.6 is 0 Å². The van der Waals surface area contributed by atoms with Gasteiger partial charge in [0.1, 0.15) is 0 Å². The van der Waals surface area contributed by atoms with Crippen molar-refractivity contribution in [1.82, 2.24) is 0 Å². The van der Waals surface area contributed by atoms with Crippen LogP contribution in [-0.4, -0.2) is 21.9 Å². The minimum absolute atomic E-state index is 0.190. The number of aromatic hydroxyl groups is 2. The van der Waals surface area contributed by atoms with E-state index >= 15 is 0 Å². The first-order valence-electron chi connectivity index (χ1n) is 3.53. The minimum Gasteiger partial charge on any atom is -0.504 e. The molecule has 1 atom stereocenters. The molecular weight excluding hydrogens is 158 g/mol. The first kappa shape index (κ1) is 8.83. The van der Waals surface area contributed by atoms with E-state index in [1.54, 1.807) is 6.07 Å². The second-order valence-corrected chi connectivity index (χ2v) is 2.54. The fraction of sp³-hybridized carbons (Fsp3) is 0.250. The Hall–Kier alpha value is -1.26. The zero-order valence-electron chi connectivity index (χ0n) is 6.44. The van der Waals surface area contributed by atoms with Gasteiger partial charge in [-0.2, -0.15) is 0 Å². The lowest BCUT2D eigenvalue weighted by Gasteiger charge is -2.08. The summed E-state index contributed by atoms with van der Waals surface area (Å²) in [6, 6.07) is 3.70. The molecule has 66 valence electrons. The van der Waals surface area contributed by atoms with Crippen molar-refractivity contribution in [1.29, 1.82) is 0 Å². The Bertz CT molecular complexity index is 275. The second kappa shape index (κ2) is 3.42. The van der Waals surface area contributed by atoms with Gasteiger partial charge in [0.25, 0.3) is 0 Å². The summed E-state index contributed by atoms with van der Waals surface area (Å²) in [5, 5.41) is 26.7. The molecular formula is C8H11NO3. The van der Waals surface area contributed by atoms with E-state index in [-0.39, 0.29) is 18.1 Å². The summed E-state index contributed by atoms with van der Waals surface area (Å²) in [4.78, 5) is 0. The lowest BCUT2D eigenvalue weighted by atomic mass is 10.1. The van der Waals surface area contributed by atoms with Crippen molar-refractivity contribution in [3.63, 3.8) is 0 Å². The van der Waals surface area contributed by atoms with Crippen molar-refractivity contribution >= 4 is 0 Å². The van der Waals surface area contributed by atoms with E-state index in [9.17, 15) is 0 Å². The largest absolute Gasteiger partial charge is 0.504 e. The predicted octanol–water partition coefficient (Wildman–Crippen LogP) is 0.0899. The molecule has 12 heavy (non-hydrogen) atoms. The van der Waals surface area contributed by atoms with Gasteiger partial charge in [-0.15, -0.1) is 0 Å². The number of rotatable bonds is 2. The number of nitrogens with two attached hydrogens (primary N) is 1. The maximum absolute atomic E-state index is 9.06. The van der Waals surface area contributed by atoms with E-state index in [4.69, 9.17) is 21.1 Å². The van der Waals surface area contributed by atoms with Crippen molar-refractivity contribution in [2.45, 2.75) is 6.04 Å². The average molecular weight is 169 g/mol. The van der Waals surface area contributed by atoms with Gasteiger partial charge in [-0.25, -0.2) is 0 Å². The molecule has 0 heterocycles. The molecule has 0 bridgehead atoms. The highest BCUT2D eigenvalue weighted by Gasteiger charge is 2.06. The Morgan fingerprint density at radius 3 is 2.42 bits per heavy atom. The molecule has 4 heteroatoms. The van der Waals surface area contributed by atoms with Crippen LogP contribution in [0.5, 0.6) is 11.5 Å². The van der Waals surface area contributed by atoms with Gasteiger partial charge in [0.15, 0.2) is 11.5 Å². The second-order valence-electron chi connectivity index (χ2n) is 2.54. The van der Waals surface area contributed by atoms with Crippen molar-refractivity contribution in [2.75, 3.05) is 6.61 Å². The number of benzene rings is 1. The van der Waals surface area contributed by atoms with E-state index in [0.717, 1.165) is 0 Å². The quantitative estimate of drug-likeness (QED) is 0.472. The van der Waals surface area contributed by atoms with Gasteiger partial charge in [-0.05, 0) is 17.7 Å². The first-order valence-corrected chi connectivity index (χ1v) is 3.53. The summed E-state index contributed by atoms with van der Waals surface area (Å²) < 4.78 is 0. The molecule has 1 aromatic rings. The zero-order chi connectivity index (χ0) is 9.14. The van der Waals surface area contributed by atoms with Crippen LogP contribution in [-0.2, 0) is 0 Å². The van der Waals surface area contributed by atoms with Crippen LogP contribution in [0.2, 0.25) is 0 Å². The fourth-order valence-corrected chi connectivity index (χ4v) is 0.877. The highest BCUT2D eigenvalue weighted by atomic mass is 16.3. The van der Waals surface area contributed by atoms with E-state index in [2.05, 4.69) is 0 Å². The molecule has 0 radical (unpaired) electrons. The van der Waals surface area contributed by atoms with Gasteiger partial charge in [0.05, 0.1) is 12.6 Å². The molecule has 0 saturated heterocycles. The highest BCUT2D eigenvalue weighted by molar-refractivity contribution is 5.41. The Morgan fingerprint density at radius 2 is 1.92 bits per heavy atom. The molecule has 1 unspecified atom stereocenters. The van der Waals surface area contributed by atoms with E-state index in [1.165, 1.54) is 12.1 Å². The lowest BCUT2D eigenvalue weighted by molar-refractivity contribution is 0.267. The normalized spacial score (nSPS) is 12.8. The molecule has 0 aliphatic rings. The van der Waals surface area contributed by atoms with E-state index in [1.807, 2.05) is 0 Å². The third-order valence-electron chi connectivity index (χ3n) is 1.62.